The van der Waals surface area contributed by atoms with Gasteiger partial charge in [0.1, 0.15) is 17.7 Å². The number of hydrogen-bond donors (Lipinski definition) is 1. The largest absolute Gasteiger partial charge is 0.386 e. The Morgan fingerprint density at radius 1 is 1.12 bits per heavy atom. The maximum Gasteiger partial charge on any atom is 0.229 e. The summed E-state index contributed by atoms with van der Waals surface area (Å²) in [5, 5.41) is 11.3. The molecular weight excluding hydrogens is 402 g/mol. The van der Waals surface area contributed by atoms with E-state index in [9.17, 15) is 9.90 Å². The number of anilines is 1. The molecule has 1 aromatic carbocycles. The number of rotatable bonds is 6. The Balaban J connectivity index is 1.47. The molecule has 1 N–H and O–H groups in total. The quantitative estimate of drug-likeness (QED) is 0.747. The molecule has 2 aliphatic rings. The number of benzene rings is 1. The van der Waals surface area contributed by atoms with Crippen LogP contribution in [0.2, 0.25) is 0 Å². The van der Waals surface area contributed by atoms with Crippen molar-refractivity contribution in [2.75, 3.05) is 51.7 Å². The van der Waals surface area contributed by atoms with Crippen LogP contribution in [0, 0.1) is 12.3 Å². The fourth-order valence-electron chi connectivity index (χ4n) is 5.21. The van der Waals surface area contributed by atoms with Crippen molar-refractivity contribution in [1.82, 2.24) is 19.8 Å². The molecule has 0 aliphatic carbocycles. The highest BCUT2D eigenvalue weighted by Crippen LogP contribution is 2.37. The molecule has 4 rings (SSSR count). The van der Waals surface area contributed by atoms with E-state index in [2.05, 4.69) is 38.9 Å². The normalized spacial score (nSPS) is 23.3. The Bertz CT molecular complexity index is 929. The van der Waals surface area contributed by atoms with Crippen molar-refractivity contribution < 1.29 is 9.90 Å². The molecule has 0 saturated carbocycles. The molecular formula is C25H35N5O2. The third-order valence-corrected chi connectivity index (χ3v) is 7.11. The molecule has 7 nitrogen and oxygen atoms in total. The average Bonchev–Trinajstić information content (AvgIpc) is 3.17. The summed E-state index contributed by atoms with van der Waals surface area (Å²) in [4.78, 5) is 28.5. The van der Waals surface area contributed by atoms with Crippen molar-refractivity contribution in [2.24, 2.45) is 5.41 Å². The number of carbonyl (C=O) groups is 1. The molecule has 3 heterocycles. The highest BCUT2D eigenvalue weighted by molar-refractivity contribution is 5.83. The van der Waals surface area contributed by atoms with Gasteiger partial charge < -0.3 is 19.8 Å². The topological polar surface area (TPSA) is 72.8 Å². The van der Waals surface area contributed by atoms with Crippen LogP contribution in [0.4, 0.5) is 5.82 Å². The Morgan fingerprint density at radius 3 is 2.53 bits per heavy atom. The van der Waals surface area contributed by atoms with Crippen LogP contribution >= 0.6 is 0 Å². The van der Waals surface area contributed by atoms with Crippen LogP contribution in [0.25, 0.3) is 0 Å². The lowest BCUT2D eigenvalue weighted by atomic mass is 9.72. The predicted molar refractivity (Wildman–Crippen MR) is 125 cm³/mol. The number of hydrogen-bond acceptors (Lipinski definition) is 6. The molecule has 1 aromatic heterocycles. The van der Waals surface area contributed by atoms with Gasteiger partial charge in [-0.2, -0.15) is 0 Å². The third kappa shape index (κ3) is 4.94. The summed E-state index contributed by atoms with van der Waals surface area (Å²) in [7, 11) is 3.97. The smallest absolute Gasteiger partial charge is 0.229 e. The van der Waals surface area contributed by atoms with E-state index in [4.69, 9.17) is 0 Å². The minimum atomic E-state index is -0.942. The number of aryl methyl sites for hydroxylation is 1. The first-order valence-corrected chi connectivity index (χ1v) is 11.5. The molecule has 2 aromatic rings. The predicted octanol–water partition coefficient (Wildman–Crippen LogP) is 2.14. The number of aliphatic hydroxyl groups is 1. The van der Waals surface area contributed by atoms with Crippen LogP contribution < -0.4 is 4.90 Å². The van der Waals surface area contributed by atoms with E-state index in [1.807, 2.05) is 38.2 Å². The number of piperidine rings is 1. The first-order valence-electron chi connectivity index (χ1n) is 11.5. The lowest BCUT2D eigenvalue weighted by Crippen LogP contribution is -2.53. The van der Waals surface area contributed by atoms with E-state index >= 15 is 0 Å². The first kappa shape index (κ1) is 22.7. The standard InChI is InChI=1S/C25H35N5O2/c1-20-15-22(27-19-26-20)30-14-11-25(32,18-30)17-29(3)23(31)24(9-12-28(2)13-10-24)16-21-7-5-4-6-8-21/h4-8,15,19,32H,9-14,16-18H2,1-3H3. The number of aromatic nitrogens is 2. The number of likely N-dealkylation sites (N-methyl/N-ethyl adjacent to an activating group) is 1. The highest BCUT2D eigenvalue weighted by atomic mass is 16.3. The maximum atomic E-state index is 13.8. The van der Waals surface area contributed by atoms with E-state index in [0.717, 1.165) is 50.4 Å². The SMILES string of the molecule is Cc1cc(N2CCC(O)(CN(C)C(=O)C3(Cc4ccccc4)CCN(C)CC3)C2)ncn1. The minimum Gasteiger partial charge on any atom is -0.386 e. The summed E-state index contributed by atoms with van der Waals surface area (Å²) in [5.74, 6) is 0.984. The van der Waals surface area contributed by atoms with Crippen LogP contribution in [-0.2, 0) is 11.2 Å². The zero-order valence-corrected chi connectivity index (χ0v) is 19.5. The second kappa shape index (κ2) is 9.16. The Kier molecular flexibility index (Phi) is 6.49. The van der Waals surface area contributed by atoms with Crippen molar-refractivity contribution in [3.05, 3.63) is 54.0 Å². The van der Waals surface area contributed by atoms with Gasteiger partial charge >= 0.3 is 0 Å². The van der Waals surface area contributed by atoms with Crippen LogP contribution in [0.3, 0.4) is 0 Å². The summed E-state index contributed by atoms with van der Waals surface area (Å²) in [6.45, 7) is 5.28. The first-order chi connectivity index (χ1) is 15.3. The number of likely N-dealkylation sites (tertiary alicyclic amines) is 1. The summed E-state index contributed by atoms with van der Waals surface area (Å²) in [6, 6.07) is 12.2. The Hall–Kier alpha value is -2.51. The summed E-state index contributed by atoms with van der Waals surface area (Å²) in [5.41, 5.74) is 0.746. The third-order valence-electron chi connectivity index (χ3n) is 7.11. The molecule has 1 amide bonds. The molecule has 2 aliphatic heterocycles. The fraction of sp³-hybridized carbons (Fsp3) is 0.560. The van der Waals surface area contributed by atoms with Crippen molar-refractivity contribution in [3.8, 4) is 0 Å². The van der Waals surface area contributed by atoms with Crippen LogP contribution in [0.1, 0.15) is 30.5 Å². The van der Waals surface area contributed by atoms with E-state index in [1.54, 1.807) is 11.2 Å². The molecule has 2 fully saturated rings. The number of carbonyl (C=O) groups excluding carboxylic acids is 1. The van der Waals surface area contributed by atoms with Crippen LogP contribution in [0.5, 0.6) is 0 Å². The van der Waals surface area contributed by atoms with Crippen molar-refractivity contribution in [1.29, 1.82) is 0 Å². The molecule has 32 heavy (non-hydrogen) atoms. The summed E-state index contributed by atoms with van der Waals surface area (Å²) < 4.78 is 0. The number of β-amino-alcohol motifs (C(OH)–C–C–N with tert-alkyl or cyclic N) is 1. The van der Waals surface area contributed by atoms with Gasteiger partial charge in [-0.3, -0.25) is 4.79 Å². The highest BCUT2D eigenvalue weighted by Gasteiger charge is 2.45. The van der Waals surface area contributed by atoms with Gasteiger partial charge in [0.05, 0.1) is 12.0 Å². The van der Waals surface area contributed by atoms with Crippen molar-refractivity contribution in [2.45, 2.75) is 38.2 Å². The summed E-state index contributed by atoms with van der Waals surface area (Å²) in [6.07, 6.45) is 4.60. The lowest BCUT2D eigenvalue weighted by Gasteiger charge is -2.43. The van der Waals surface area contributed by atoms with Gasteiger partial charge in [0, 0.05) is 31.9 Å². The number of nitrogens with zero attached hydrogens (tertiary/aromatic N) is 5. The van der Waals surface area contributed by atoms with Gasteiger partial charge in [-0.15, -0.1) is 0 Å². The van der Waals surface area contributed by atoms with Gasteiger partial charge in [0.15, 0.2) is 0 Å². The number of amides is 1. The van der Waals surface area contributed by atoms with Gasteiger partial charge in [-0.25, -0.2) is 9.97 Å². The molecule has 2 saturated heterocycles. The van der Waals surface area contributed by atoms with Crippen LogP contribution in [-0.4, -0.2) is 83.2 Å². The summed E-state index contributed by atoms with van der Waals surface area (Å²) >= 11 is 0. The molecule has 0 bridgehead atoms. The van der Waals surface area contributed by atoms with Gasteiger partial charge in [-0.1, -0.05) is 30.3 Å². The van der Waals surface area contributed by atoms with Crippen molar-refractivity contribution in [3.63, 3.8) is 0 Å². The minimum absolute atomic E-state index is 0.152. The second-order valence-electron chi connectivity index (χ2n) is 9.82. The van der Waals surface area contributed by atoms with Gasteiger partial charge in [0.2, 0.25) is 5.91 Å². The monoisotopic (exact) mass is 437 g/mol. The molecule has 7 heteroatoms. The van der Waals surface area contributed by atoms with Gasteiger partial charge in [0.25, 0.3) is 0 Å². The van der Waals surface area contributed by atoms with E-state index in [0.29, 0.717) is 19.5 Å². The second-order valence-corrected chi connectivity index (χ2v) is 9.82. The van der Waals surface area contributed by atoms with Crippen LogP contribution in [0.15, 0.2) is 42.7 Å². The Labute approximate surface area is 191 Å². The van der Waals surface area contributed by atoms with E-state index < -0.39 is 11.0 Å². The molecule has 172 valence electrons. The maximum absolute atomic E-state index is 13.8. The Morgan fingerprint density at radius 2 is 1.84 bits per heavy atom. The van der Waals surface area contributed by atoms with Crippen molar-refractivity contribution >= 4 is 11.7 Å². The molecule has 0 radical (unpaired) electrons. The van der Waals surface area contributed by atoms with Gasteiger partial charge in [-0.05, 0) is 58.3 Å². The average molecular weight is 438 g/mol. The zero-order valence-electron chi connectivity index (χ0n) is 19.5. The lowest BCUT2D eigenvalue weighted by molar-refractivity contribution is -0.146. The molecule has 1 atom stereocenters. The van der Waals surface area contributed by atoms with E-state index in [-0.39, 0.29) is 5.91 Å². The zero-order chi connectivity index (χ0) is 22.8. The molecule has 0 spiro atoms. The molecule has 1 unspecified atom stereocenters. The fourth-order valence-corrected chi connectivity index (χ4v) is 5.21. The van der Waals surface area contributed by atoms with E-state index in [1.165, 1.54) is 5.56 Å².